The number of para-hydroxylation sites is 1. The molecule has 0 bridgehead atoms. The van der Waals surface area contributed by atoms with E-state index in [-0.39, 0.29) is 0 Å². The molecule has 1 spiro atoms. The number of nitrogens with one attached hydrogen (secondary N) is 1. The van der Waals surface area contributed by atoms with E-state index in [9.17, 15) is 5.26 Å². The Hall–Kier alpha value is -5.59. The highest BCUT2D eigenvalue weighted by atomic mass is 14.9. The minimum absolute atomic E-state index is 0.516. The largest absolute Gasteiger partial charge is 0.398 e. The molecule has 7 rings (SSSR count). The summed E-state index contributed by atoms with van der Waals surface area (Å²) in [5, 5.41) is 13.6. The van der Waals surface area contributed by atoms with Crippen LogP contribution in [0.1, 0.15) is 51.4 Å². The van der Waals surface area contributed by atoms with Gasteiger partial charge in [0.25, 0.3) is 0 Å². The van der Waals surface area contributed by atoms with Crippen molar-refractivity contribution in [2.24, 2.45) is 0 Å². The zero-order valence-electron chi connectivity index (χ0n) is 24.1. The lowest BCUT2D eigenvalue weighted by Gasteiger charge is -2.40. The van der Waals surface area contributed by atoms with E-state index >= 15 is 0 Å². The number of allylic oxidation sites excluding steroid dienone is 5. The number of benzene rings is 5. The summed E-state index contributed by atoms with van der Waals surface area (Å²) in [6.45, 7) is 5.90. The summed E-state index contributed by atoms with van der Waals surface area (Å²) in [6.07, 6.45) is 8.57. The van der Waals surface area contributed by atoms with Crippen molar-refractivity contribution < 1.29 is 0 Å². The maximum atomic E-state index is 9.84. The first-order chi connectivity index (χ1) is 21.1. The molecule has 206 valence electrons. The molecule has 0 aliphatic heterocycles. The van der Waals surface area contributed by atoms with Gasteiger partial charge in [-0.2, -0.15) is 5.26 Å². The fraction of sp³-hybridized carbons (Fsp3) is 0.0750. The van der Waals surface area contributed by atoms with E-state index in [0.29, 0.717) is 11.3 Å². The molecule has 3 N–H and O–H groups in total. The zero-order chi connectivity index (χ0) is 29.6. The standard InChI is InChI=1S/C40H31N3/c1-3-4-5-12-26(2)31-13-8-11-18-39(31)43-30-20-19-27-21-28-22-29(25-41)38(42)24-37(28)40(36(27)23-30)34-16-9-6-14-32(34)33-15-7-10-17-35(33)40/h3-20,22-24,43H,1,21,42H2,2H3/b5-4-,26-12+. The number of hydrogen-bond acceptors (Lipinski definition) is 3. The van der Waals surface area contributed by atoms with Crippen LogP contribution < -0.4 is 11.1 Å². The summed E-state index contributed by atoms with van der Waals surface area (Å²) >= 11 is 0. The molecule has 3 nitrogen and oxygen atoms in total. The van der Waals surface area contributed by atoms with Gasteiger partial charge in [0.05, 0.1) is 11.0 Å². The quantitative estimate of drug-likeness (QED) is 0.165. The van der Waals surface area contributed by atoms with Crippen LogP contribution in [0.4, 0.5) is 17.1 Å². The number of fused-ring (bicyclic) bond motifs is 9. The van der Waals surface area contributed by atoms with Crippen molar-refractivity contribution in [3.63, 3.8) is 0 Å². The van der Waals surface area contributed by atoms with Crippen LogP contribution in [0, 0.1) is 11.3 Å². The van der Waals surface area contributed by atoms with Gasteiger partial charge in [-0.3, -0.25) is 0 Å². The monoisotopic (exact) mass is 553 g/mol. The predicted octanol–water partition coefficient (Wildman–Crippen LogP) is 9.30. The van der Waals surface area contributed by atoms with Gasteiger partial charge in [0, 0.05) is 22.6 Å². The first kappa shape index (κ1) is 26.3. The average molecular weight is 554 g/mol. The molecule has 0 aromatic heterocycles. The second kappa shape index (κ2) is 10.4. The average Bonchev–Trinajstić information content (AvgIpc) is 3.33. The van der Waals surface area contributed by atoms with Gasteiger partial charge in [-0.05, 0) is 93.8 Å². The van der Waals surface area contributed by atoms with Crippen LogP contribution in [0.15, 0.2) is 134 Å². The Labute approximate surface area is 253 Å². The molecule has 3 heteroatoms. The molecule has 2 aliphatic carbocycles. The topological polar surface area (TPSA) is 61.8 Å². The minimum atomic E-state index is -0.555. The molecular formula is C40H31N3. The Morgan fingerprint density at radius 2 is 1.49 bits per heavy atom. The molecule has 0 atom stereocenters. The van der Waals surface area contributed by atoms with Crippen LogP contribution in [0.3, 0.4) is 0 Å². The molecule has 0 amide bonds. The van der Waals surface area contributed by atoms with Crippen LogP contribution >= 0.6 is 0 Å². The maximum Gasteiger partial charge on any atom is 0.101 e. The lowest BCUT2D eigenvalue weighted by Crippen LogP contribution is -2.34. The van der Waals surface area contributed by atoms with Crippen LogP contribution in [-0.2, 0) is 11.8 Å². The number of nitrogens with zero attached hydrogens (tertiary/aromatic N) is 1. The normalized spacial score (nSPS) is 14.0. The number of nitrogen functional groups attached to an aromatic ring is 1. The molecule has 0 saturated carbocycles. The summed E-state index contributed by atoms with van der Waals surface area (Å²) in [4.78, 5) is 0. The summed E-state index contributed by atoms with van der Waals surface area (Å²) in [5.41, 5.74) is 21.1. The Bertz CT molecular complexity index is 1990. The van der Waals surface area contributed by atoms with E-state index in [2.05, 4.69) is 128 Å². The Morgan fingerprint density at radius 3 is 2.21 bits per heavy atom. The van der Waals surface area contributed by atoms with Gasteiger partial charge in [0.15, 0.2) is 0 Å². The maximum absolute atomic E-state index is 9.84. The third kappa shape index (κ3) is 4.03. The molecule has 5 aromatic rings. The summed E-state index contributed by atoms with van der Waals surface area (Å²) in [5.74, 6) is 0. The molecule has 0 saturated heterocycles. The molecule has 0 unspecified atom stereocenters. The summed E-state index contributed by atoms with van der Waals surface area (Å²) < 4.78 is 0. The van der Waals surface area contributed by atoms with E-state index in [0.717, 1.165) is 40.1 Å². The van der Waals surface area contributed by atoms with Crippen molar-refractivity contribution in [2.75, 3.05) is 11.1 Å². The third-order valence-corrected chi connectivity index (χ3v) is 8.87. The highest BCUT2D eigenvalue weighted by Crippen LogP contribution is 2.59. The predicted molar refractivity (Wildman–Crippen MR) is 178 cm³/mol. The molecule has 0 radical (unpaired) electrons. The van der Waals surface area contributed by atoms with Crippen LogP contribution in [0.5, 0.6) is 0 Å². The van der Waals surface area contributed by atoms with Crippen LogP contribution in [0.2, 0.25) is 0 Å². The Balaban J connectivity index is 1.46. The van der Waals surface area contributed by atoms with Crippen LogP contribution in [0.25, 0.3) is 16.7 Å². The van der Waals surface area contributed by atoms with Gasteiger partial charge in [0.1, 0.15) is 6.07 Å². The minimum Gasteiger partial charge on any atom is -0.398 e. The molecule has 2 aliphatic rings. The van der Waals surface area contributed by atoms with Gasteiger partial charge in [-0.25, -0.2) is 0 Å². The third-order valence-electron chi connectivity index (χ3n) is 8.87. The number of anilines is 3. The summed E-state index contributed by atoms with van der Waals surface area (Å²) in [6, 6.07) is 38.9. The molecule has 0 fully saturated rings. The summed E-state index contributed by atoms with van der Waals surface area (Å²) in [7, 11) is 0. The molecular weight excluding hydrogens is 522 g/mol. The van der Waals surface area contributed by atoms with Gasteiger partial charge < -0.3 is 11.1 Å². The van der Waals surface area contributed by atoms with E-state index in [1.54, 1.807) is 6.08 Å². The van der Waals surface area contributed by atoms with Gasteiger partial charge in [0.2, 0.25) is 0 Å². The van der Waals surface area contributed by atoms with Crippen molar-refractivity contribution in [3.8, 4) is 17.2 Å². The fourth-order valence-corrected chi connectivity index (χ4v) is 7.04. The first-order valence-corrected chi connectivity index (χ1v) is 14.5. The molecule has 43 heavy (non-hydrogen) atoms. The Morgan fingerprint density at radius 1 is 0.814 bits per heavy atom. The van der Waals surface area contributed by atoms with Crippen molar-refractivity contribution in [3.05, 3.63) is 179 Å². The fourth-order valence-electron chi connectivity index (χ4n) is 7.04. The van der Waals surface area contributed by atoms with Crippen molar-refractivity contribution >= 4 is 22.6 Å². The first-order valence-electron chi connectivity index (χ1n) is 14.5. The van der Waals surface area contributed by atoms with E-state index in [1.165, 1.54) is 33.4 Å². The SMILES string of the molecule is C=C/C=C\C=C(/C)c1ccccc1Nc1ccc2c(c1)C1(c3cc(N)c(C#N)cc3C2)c2ccccc2-c2ccccc21. The lowest BCUT2D eigenvalue weighted by atomic mass is 9.61. The number of nitriles is 1. The van der Waals surface area contributed by atoms with Gasteiger partial charge in [-0.1, -0.05) is 104 Å². The second-order valence-corrected chi connectivity index (χ2v) is 11.2. The second-order valence-electron chi connectivity index (χ2n) is 11.2. The molecule has 0 heterocycles. The number of rotatable bonds is 5. The highest BCUT2D eigenvalue weighted by Gasteiger charge is 2.50. The smallest absolute Gasteiger partial charge is 0.101 e. The lowest BCUT2D eigenvalue weighted by molar-refractivity contribution is 0.722. The van der Waals surface area contributed by atoms with Gasteiger partial charge >= 0.3 is 0 Å². The van der Waals surface area contributed by atoms with E-state index in [1.807, 2.05) is 18.2 Å². The highest BCUT2D eigenvalue weighted by molar-refractivity contribution is 5.89. The number of hydrogen-bond donors (Lipinski definition) is 2. The van der Waals surface area contributed by atoms with Crippen LogP contribution in [-0.4, -0.2) is 0 Å². The number of nitrogens with two attached hydrogens (primary N) is 1. The zero-order valence-corrected chi connectivity index (χ0v) is 24.1. The Kier molecular flexibility index (Phi) is 6.34. The van der Waals surface area contributed by atoms with Crippen molar-refractivity contribution in [1.82, 2.24) is 0 Å². The van der Waals surface area contributed by atoms with Gasteiger partial charge in [-0.15, -0.1) is 0 Å². The molecule has 5 aromatic carbocycles. The van der Waals surface area contributed by atoms with Crippen molar-refractivity contribution in [1.29, 1.82) is 5.26 Å². The van der Waals surface area contributed by atoms with E-state index in [4.69, 9.17) is 5.73 Å². The van der Waals surface area contributed by atoms with E-state index < -0.39 is 5.41 Å². The van der Waals surface area contributed by atoms with Crippen molar-refractivity contribution in [2.45, 2.75) is 18.8 Å².